The van der Waals surface area contributed by atoms with Crippen molar-refractivity contribution in [2.24, 2.45) is 5.92 Å². The number of nitrogens with zero attached hydrogens (tertiary/aromatic N) is 2. The summed E-state index contributed by atoms with van der Waals surface area (Å²) < 4.78 is 0. The van der Waals surface area contributed by atoms with Gasteiger partial charge in [-0.15, -0.1) is 0 Å². The fourth-order valence-corrected chi connectivity index (χ4v) is 1.96. The summed E-state index contributed by atoms with van der Waals surface area (Å²) in [6.45, 7) is 5.46. The first kappa shape index (κ1) is 18.2. The van der Waals surface area contributed by atoms with E-state index in [1.807, 2.05) is 19.9 Å². The van der Waals surface area contributed by atoms with Gasteiger partial charge in [0.2, 0.25) is 0 Å². The van der Waals surface area contributed by atoms with Crippen LogP contribution in [0.4, 0.5) is 4.79 Å². The fourth-order valence-electron chi connectivity index (χ4n) is 1.96. The Kier molecular flexibility index (Phi) is 10.1. The number of urea groups is 1. The monoisotopic (exact) mass is 283 g/mol. The van der Waals surface area contributed by atoms with Gasteiger partial charge in [-0.1, -0.05) is 13.3 Å². The van der Waals surface area contributed by atoms with Gasteiger partial charge in [-0.2, -0.15) is 5.26 Å². The largest absolute Gasteiger partial charge is 0.481 e. The molecule has 0 spiro atoms. The minimum Gasteiger partial charge on any atom is -0.481 e. The molecule has 0 aliphatic rings. The molecular formula is C14H25N3O3. The lowest BCUT2D eigenvalue weighted by molar-refractivity contribution is -0.137. The van der Waals surface area contributed by atoms with Crippen molar-refractivity contribution in [3.05, 3.63) is 0 Å². The first-order valence-corrected chi connectivity index (χ1v) is 7.16. The SMILES string of the molecule is CCC(CCNC(=O)N(CC)CCC#N)CCC(=O)O. The minimum atomic E-state index is -0.777. The first-order chi connectivity index (χ1) is 9.54. The zero-order valence-electron chi connectivity index (χ0n) is 12.4. The molecule has 0 saturated carbocycles. The van der Waals surface area contributed by atoms with Crippen LogP contribution in [0.3, 0.4) is 0 Å². The average molecular weight is 283 g/mol. The van der Waals surface area contributed by atoms with Gasteiger partial charge >= 0.3 is 12.0 Å². The summed E-state index contributed by atoms with van der Waals surface area (Å²) in [6, 6.07) is 1.86. The predicted molar refractivity (Wildman–Crippen MR) is 76.1 cm³/mol. The van der Waals surface area contributed by atoms with Crippen LogP contribution in [0.2, 0.25) is 0 Å². The molecule has 1 unspecified atom stereocenters. The Hall–Kier alpha value is -1.77. The molecule has 0 aromatic rings. The molecule has 20 heavy (non-hydrogen) atoms. The van der Waals surface area contributed by atoms with Gasteiger partial charge in [-0.05, 0) is 25.7 Å². The molecule has 0 rings (SSSR count). The second kappa shape index (κ2) is 11.1. The summed E-state index contributed by atoms with van der Waals surface area (Å²) in [7, 11) is 0. The van der Waals surface area contributed by atoms with Crippen molar-refractivity contribution in [2.45, 2.75) is 46.0 Å². The van der Waals surface area contributed by atoms with Crippen LogP contribution in [0.5, 0.6) is 0 Å². The zero-order chi connectivity index (χ0) is 15.4. The number of nitrogens with one attached hydrogen (secondary N) is 1. The van der Waals surface area contributed by atoms with Crippen LogP contribution < -0.4 is 5.32 Å². The third kappa shape index (κ3) is 8.35. The number of carbonyl (C=O) groups is 2. The van der Waals surface area contributed by atoms with Gasteiger partial charge in [0.25, 0.3) is 0 Å². The van der Waals surface area contributed by atoms with Gasteiger partial charge in [-0.3, -0.25) is 4.79 Å². The van der Waals surface area contributed by atoms with E-state index in [1.54, 1.807) is 4.90 Å². The lowest BCUT2D eigenvalue weighted by Gasteiger charge is -2.21. The van der Waals surface area contributed by atoms with Crippen molar-refractivity contribution in [1.29, 1.82) is 5.26 Å². The van der Waals surface area contributed by atoms with Crippen LogP contribution >= 0.6 is 0 Å². The predicted octanol–water partition coefficient (Wildman–Crippen LogP) is 2.21. The highest BCUT2D eigenvalue weighted by Crippen LogP contribution is 2.14. The molecule has 0 aliphatic carbocycles. The lowest BCUT2D eigenvalue weighted by Crippen LogP contribution is -2.41. The van der Waals surface area contributed by atoms with Gasteiger partial charge in [0.1, 0.15) is 0 Å². The summed E-state index contributed by atoms with van der Waals surface area (Å²) in [5, 5.41) is 20.0. The molecule has 0 aromatic carbocycles. The Balaban J connectivity index is 3.97. The highest BCUT2D eigenvalue weighted by molar-refractivity contribution is 5.74. The van der Waals surface area contributed by atoms with Crippen molar-refractivity contribution >= 4 is 12.0 Å². The van der Waals surface area contributed by atoms with Gasteiger partial charge in [-0.25, -0.2) is 4.79 Å². The summed E-state index contributed by atoms with van der Waals surface area (Å²) >= 11 is 0. The van der Waals surface area contributed by atoms with Gasteiger partial charge < -0.3 is 15.3 Å². The van der Waals surface area contributed by atoms with Crippen LogP contribution in [0, 0.1) is 17.2 Å². The maximum absolute atomic E-state index is 11.8. The second-order valence-electron chi connectivity index (χ2n) is 4.72. The molecule has 0 aromatic heterocycles. The molecule has 0 radical (unpaired) electrons. The molecule has 0 bridgehead atoms. The normalized spacial score (nSPS) is 11.4. The number of carbonyl (C=O) groups excluding carboxylic acids is 1. The first-order valence-electron chi connectivity index (χ1n) is 7.16. The highest BCUT2D eigenvalue weighted by atomic mass is 16.4. The summed E-state index contributed by atoms with van der Waals surface area (Å²) in [5.74, 6) is -0.457. The molecule has 1 atom stereocenters. The fraction of sp³-hybridized carbons (Fsp3) is 0.786. The molecule has 114 valence electrons. The van der Waals surface area contributed by atoms with E-state index in [0.717, 1.165) is 12.8 Å². The maximum Gasteiger partial charge on any atom is 0.317 e. The van der Waals surface area contributed by atoms with Crippen molar-refractivity contribution in [1.82, 2.24) is 10.2 Å². The Morgan fingerprint density at radius 2 is 2.05 bits per heavy atom. The highest BCUT2D eigenvalue weighted by Gasteiger charge is 2.12. The second-order valence-corrected chi connectivity index (χ2v) is 4.72. The topological polar surface area (TPSA) is 93.4 Å². The third-order valence-electron chi connectivity index (χ3n) is 3.34. The van der Waals surface area contributed by atoms with E-state index in [-0.39, 0.29) is 12.5 Å². The number of carboxylic acid groups (broad SMARTS) is 1. The van der Waals surface area contributed by atoms with E-state index in [0.29, 0.717) is 38.4 Å². The van der Waals surface area contributed by atoms with Crippen molar-refractivity contribution < 1.29 is 14.7 Å². The van der Waals surface area contributed by atoms with E-state index in [4.69, 9.17) is 10.4 Å². The Labute approximate surface area is 120 Å². The van der Waals surface area contributed by atoms with Crippen LogP contribution in [-0.4, -0.2) is 41.6 Å². The van der Waals surface area contributed by atoms with Gasteiger partial charge in [0.05, 0.1) is 12.5 Å². The molecule has 6 heteroatoms. The molecule has 0 heterocycles. The number of rotatable bonds is 10. The maximum atomic E-state index is 11.8. The summed E-state index contributed by atoms with van der Waals surface area (Å²) in [5.41, 5.74) is 0. The molecular weight excluding hydrogens is 258 g/mol. The number of nitriles is 1. The van der Waals surface area contributed by atoms with E-state index >= 15 is 0 Å². The van der Waals surface area contributed by atoms with Crippen molar-refractivity contribution in [2.75, 3.05) is 19.6 Å². The molecule has 2 N–H and O–H groups in total. The number of hydrogen-bond acceptors (Lipinski definition) is 3. The summed E-state index contributed by atoms with van der Waals surface area (Å²) in [6.07, 6.45) is 2.85. The van der Waals surface area contributed by atoms with E-state index in [1.165, 1.54) is 0 Å². The van der Waals surface area contributed by atoms with Crippen molar-refractivity contribution in [3.8, 4) is 6.07 Å². The van der Waals surface area contributed by atoms with Crippen LogP contribution in [0.1, 0.15) is 46.0 Å². The Morgan fingerprint density at radius 3 is 2.55 bits per heavy atom. The molecule has 0 saturated heterocycles. The van der Waals surface area contributed by atoms with E-state index < -0.39 is 5.97 Å². The molecule has 6 nitrogen and oxygen atoms in total. The number of aliphatic carboxylic acids is 1. The Bertz CT molecular complexity index is 339. The molecule has 0 fully saturated rings. The zero-order valence-corrected chi connectivity index (χ0v) is 12.4. The number of carboxylic acids is 1. The number of hydrogen-bond donors (Lipinski definition) is 2. The van der Waals surface area contributed by atoms with Gasteiger partial charge in [0.15, 0.2) is 0 Å². The van der Waals surface area contributed by atoms with Gasteiger partial charge in [0, 0.05) is 26.1 Å². The third-order valence-corrected chi connectivity index (χ3v) is 3.34. The van der Waals surface area contributed by atoms with Crippen LogP contribution in [-0.2, 0) is 4.79 Å². The standard InChI is InChI=1S/C14H25N3O3/c1-3-12(6-7-13(18)19)8-10-16-14(20)17(4-2)11-5-9-15/h12H,3-8,10-11H2,1-2H3,(H,16,20)(H,18,19). The minimum absolute atomic E-state index is 0.157. The smallest absolute Gasteiger partial charge is 0.317 e. The van der Waals surface area contributed by atoms with Crippen LogP contribution in [0.15, 0.2) is 0 Å². The van der Waals surface area contributed by atoms with Crippen LogP contribution in [0.25, 0.3) is 0 Å². The molecule has 2 amide bonds. The number of amides is 2. The van der Waals surface area contributed by atoms with Crippen molar-refractivity contribution in [3.63, 3.8) is 0 Å². The quantitative estimate of drug-likeness (QED) is 0.642. The Morgan fingerprint density at radius 1 is 1.35 bits per heavy atom. The van der Waals surface area contributed by atoms with E-state index in [2.05, 4.69) is 5.32 Å². The average Bonchev–Trinajstić information content (AvgIpc) is 2.43. The van der Waals surface area contributed by atoms with E-state index in [9.17, 15) is 9.59 Å². The molecule has 0 aliphatic heterocycles. The lowest BCUT2D eigenvalue weighted by atomic mass is 9.97. The summed E-state index contributed by atoms with van der Waals surface area (Å²) in [4.78, 5) is 24.0.